The molecule has 0 saturated carbocycles. The number of aromatic nitrogens is 3. The van der Waals surface area contributed by atoms with Gasteiger partial charge in [-0.05, 0) is 28.8 Å². The largest absolute Gasteiger partial charge is 0.478 e. The third-order valence-electron chi connectivity index (χ3n) is 2.56. The van der Waals surface area contributed by atoms with Crippen molar-refractivity contribution in [2.45, 2.75) is 10.1 Å². The zero-order valence-electron chi connectivity index (χ0n) is 10.2. The van der Waals surface area contributed by atoms with Crippen molar-refractivity contribution in [1.82, 2.24) is 14.4 Å². The van der Waals surface area contributed by atoms with E-state index in [4.69, 9.17) is 5.11 Å². The molecule has 3 aromatic rings. The van der Waals surface area contributed by atoms with Crippen LogP contribution in [0.5, 0.6) is 0 Å². The third-order valence-corrected chi connectivity index (χ3v) is 4.22. The van der Waals surface area contributed by atoms with Crippen molar-refractivity contribution < 1.29 is 14.8 Å². The van der Waals surface area contributed by atoms with Crippen LogP contribution in [0.2, 0.25) is 0 Å². The average molecular weight is 322 g/mol. The number of imidazole rings is 1. The van der Waals surface area contributed by atoms with Crippen LogP contribution in [-0.4, -0.2) is 30.4 Å². The van der Waals surface area contributed by atoms with Gasteiger partial charge >= 0.3 is 11.8 Å². The molecule has 0 amide bonds. The van der Waals surface area contributed by atoms with Crippen molar-refractivity contribution >= 4 is 39.8 Å². The van der Waals surface area contributed by atoms with E-state index in [-0.39, 0.29) is 16.4 Å². The highest BCUT2D eigenvalue weighted by atomic mass is 32.2. The summed E-state index contributed by atoms with van der Waals surface area (Å²) in [4.78, 5) is 30.3. The van der Waals surface area contributed by atoms with E-state index < -0.39 is 10.9 Å². The Balaban J connectivity index is 2.03. The molecule has 0 unspecified atom stereocenters. The van der Waals surface area contributed by atoms with Crippen LogP contribution in [0.25, 0.3) is 4.96 Å². The lowest BCUT2D eigenvalue weighted by atomic mass is 10.3. The first-order chi connectivity index (χ1) is 10.1. The lowest BCUT2D eigenvalue weighted by Crippen LogP contribution is -1.97. The molecule has 0 spiro atoms. The summed E-state index contributed by atoms with van der Waals surface area (Å²) in [6.45, 7) is 0. The predicted octanol–water partition coefficient (Wildman–Crippen LogP) is 2.55. The number of hydrogen-bond donors (Lipinski definition) is 1. The van der Waals surface area contributed by atoms with Crippen molar-refractivity contribution in [1.29, 1.82) is 0 Å². The van der Waals surface area contributed by atoms with E-state index in [1.807, 2.05) is 0 Å². The van der Waals surface area contributed by atoms with Crippen LogP contribution in [0.4, 0.5) is 5.82 Å². The maximum atomic E-state index is 11.2. The SMILES string of the molecule is O=C(O)c1ccnc(Sc2nc3sccn3c2[N+](=O)[O-])c1. The lowest BCUT2D eigenvalue weighted by molar-refractivity contribution is -0.393. The van der Waals surface area contributed by atoms with Crippen LogP contribution in [0, 0.1) is 10.1 Å². The normalized spacial score (nSPS) is 10.9. The number of rotatable bonds is 4. The summed E-state index contributed by atoms with van der Waals surface area (Å²) < 4.78 is 1.38. The molecule has 3 rings (SSSR count). The monoisotopic (exact) mass is 322 g/mol. The average Bonchev–Trinajstić information content (AvgIpc) is 2.98. The fourth-order valence-electron chi connectivity index (χ4n) is 1.69. The minimum atomic E-state index is -1.08. The summed E-state index contributed by atoms with van der Waals surface area (Å²) in [5.74, 6) is -1.24. The second kappa shape index (κ2) is 5.14. The highest BCUT2D eigenvalue weighted by molar-refractivity contribution is 7.99. The molecule has 106 valence electrons. The quantitative estimate of drug-likeness (QED) is 0.580. The zero-order valence-corrected chi connectivity index (χ0v) is 11.8. The van der Waals surface area contributed by atoms with Gasteiger partial charge in [-0.3, -0.25) is 0 Å². The second-order valence-electron chi connectivity index (χ2n) is 3.84. The first-order valence-electron chi connectivity index (χ1n) is 5.53. The fourth-order valence-corrected chi connectivity index (χ4v) is 3.35. The van der Waals surface area contributed by atoms with Gasteiger partial charge in [-0.1, -0.05) is 11.3 Å². The summed E-state index contributed by atoms with van der Waals surface area (Å²) >= 11 is 2.24. The Morgan fingerprint density at radius 2 is 2.33 bits per heavy atom. The number of nitro groups is 1. The molecular formula is C11H6N4O4S2. The number of hydrogen-bond acceptors (Lipinski definition) is 7. The van der Waals surface area contributed by atoms with Gasteiger partial charge in [0, 0.05) is 11.6 Å². The second-order valence-corrected chi connectivity index (χ2v) is 5.73. The van der Waals surface area contributed by atoms with E-state index in [0.29, 0.717) is 9.99 Å². The summed E-state index contributed by atoms with van der Waals surface area (Å²) in [5.41, 5.74) is 0.0659. The molecule has 3 heterocycles. The van der Waals surface area contributed by atoms with Gasteiger partial charge < -0.3 is 15.2 Å². The Hall–Kier alpha value is -2.46. The lowest BCUT2D eigenvalue weighted by Gasteiger charge is -1.99. The molecule has 0 aromatic carbocycles. The molecule has 21 heavy (non-hydrogen) atoms. The summed E-state index contributed by atoms with van der Waals surface area (Å²) in [7, 11) is 0. The Morgan fingerprint density at radius 1 is 1.52 bits per heavy atom. The first-order valence-corrected chi connectivity index (χ1v) is 7.23. The number of carbonyl (C=O) groups is 1. The number of fused-ring (bicyclic) bond motifs is 1. The Labute approximate surface area is 125 Å². The van der Waals surface area contributed by atoms with Crippen LogP contribution in [0.1, 0.15) is 10.4 Å². The topological polar surface area (TPSA) is 111 Å². The molecule has 0 saturated heterocycles. The number of carboxylic acids is 1. The standard InChI is InChI=1S/C11H6N4O4S2/c16-10(17)6-1-2-12-7(5-6)21-8-9(15(18)19)14-3-4-20-11(14)13-8/h1-5H,(H,16,17). The molecule has 0 atom stereocenters. The van der Waals surface area contributed by atoms with Crippen LogP contribution >= 0.6 is 23.1 Å². The van der Waals surface area contributed by atoms with Crippen molar-refractivity contribution in [3.63, 3.8) is 0 Å². The highest BCUT2D eigenvalue weighted by Gasteiger charge is 2.24. The molecule has 10 heteroatoms. The number of carboxylic acid groups (broad SMARTS) is 1. The molecular weight excluding hydrogens is 316 g/mol. The van der Waals surface area contributed by atoms with E-state index in [9.17, 15) is 14.9 Å². The maximum Gasteiger partial charge on any atom is 0.363 e. The molecule has 0 aliphatic heterocycles. The van der Waals surface area contributed by atoms with Gasteiger partial charge in [0.2, 0.25) is 5.03 Å². The molecule has 0 fully saturated rings. The molecule has 8 nitrogen and oxygen atoms in total. The van der Waals surface area contributed by atoms with Crippen LogP contribution in [0.15, 0.2) is 40.0 Å². The maximum absolute atomic E-state index is 11.2. The molecule has 3 aromatic heterocycles. The van der Waals surface area contributed by atoms with Crippen molar-refractivity contribution in [2.75, 3.05) is 0 Å². The van der Waals surface area contributed by atoms with Gasteiger partial charge in [-0.15, -0.1) is 0 Å². The number of aromatic carboxylic acids is 1. The van der Waals surface area contributed by atoms with E-state index >= 15 is 0 Å². The van der Waals surface area contributed by atoms with Gasteiger partial charge in [0.15, 0.2) is 0 Å². The fraction of sp³-hybridized carbons (Fsp3) is 0. The number of nitrogens with zero attached hydrogens (tertiary/aromatic N) is 4. The van der Waals surface area contributed by atoms with Gasteiger partial charge in [-0.25, -0.2) is 9.78 Å². The van der Waals surface area contributed by atoms with Crippen molar-refractivity contribution in [2.24, 2.45) is 0 Å². The number of thiazole rings is 1. The Kier molecular flexibility index (Phi) is 3.31. The minimum Gasteiger partial charge on any atom is -0.478 e. The summed E-state index contributed by atoms with van der Waals surface area (Å²) in [5, 5.41) is 22.3. The van der Waals surface area contributed by atoms with Gasteiger partial charge in [-0.2, -0.15) is 9.38 Å². The van der Waals surface area contributed by atoms with Crippen LogP contribution < -0.4 is 0 Å². The number of pyridine rings is 1. The molecule has 0 radical (unpaired) electrons. The summed E-state index contributed by atoms with van der Waals surface area (Å²) in [6, 6.07) is 2.71. The van der Waals surface area contributed by atoms with E-state index in [1.54, 1.807) is 11.6 Å². The predicted molar refractivity (Wildman–Crippen MR) is 75.0 cm³/mol. The summed E-state index contributed by atoms with van der Waals surface area (Å²) in [6.07, 6.45) is 2.91. The molecule has 0 bridgehead atoms. The van der Waals surface area contributed by atoms with Crippen molar-refractivity contribution in [3.8, 4) is 0 Å². The van der Waals surface area contributed by atoms with Gasteiger partial charge in [0.1, 0.15) is 11.2 Å². The van der Waals surface area contributed by atoms with E-state index in [1.165, 1.54) is 34.1 Å². The van der Waals surface area contributed by atoms with Crippen molar-refractivity contribution in [3.05, 3.63) is 45.6 Å². The van der Waals surface area contributed by atoms with Crippen LogP contribution in [-0.2, 0) is 0 Å². The van der Waals surface area contributed by atoms with Gasteiger partial charge in [0.25, 0.3) is 4.96 Å². The van der Waals surface area contributed by atoms with Crippen LogP contribution in [0.3, 0.4) is 0 Å². The smallest absolute Gasteiger partial charge is 0.363 e. The third kappa shape index (κ3) is 2.45. The van der Waals surface area contributed by atoms with Gasteiger partial charge in [0.05, 0.1) is 5.56 Å². The molecule has 0 aliphatic carbocycles. The first kappa shape index (κ1) is 13.5. The highest BCUT2D eigenvalue weighted by Crippen LogP contribution is 2.35. The zero-order chi connectivity index (χ0) is 15.0. The molecule has 1 N–H and O–H groups in total. The Morgan fingerprint density at radius 3 is 3.05 bits per heavy atom. The van der Waals surface area contributed by atoms with E-state index in [0.717, 1.165) is 11.8 Å². The molecule has 0 aliphatic rings. The Bertz CT molecular complexity index is 857. The van der Waals surface area contributed by atoms with E-state index in [2.05, 4.69) is 9.97 Å². The minimum absolute atomic E-state index is 0.0659.